The molecule has 0 amide bonds. The Hall–Kier alpha value is -3.68. The highest BCUT2D eigenvalue weighted by molar-refractivity contribution is 7.45. The van der Waals surface area contributed by atoms with E-state index in [4.69, 9.17) is 46.3 Å². The molecule has 47 heavy (non-hydrogen) atoms. The summed E-state index contributed by atoms with van der Waals surface area (Å²) in [6.07, 6.45) is -11.4. The largest absolute Gasteiger partial charge is 0.756 e. The van der Waals surface area contributed by atoms with Crippen molar-refractivity contribution >= 4 is 61.5 Å². The number of anilines is 4. The average Bonchev–Trinajstić information content (AvgIpc) is 3.68. The number of phosphoric acid groups is 2. The molecule has 6 rings (SSSR count). The number of imidazole rings is 2. The number of hydrogen-bond acceptors (Lipinski definition) is 22. The fraction of sp³-hybridized carbons (Fsp3) is 0.500. The van der Waals surface area contributed by atoms with Crippen LogP contribution in [0.2, 0.25) is 0 Å². The molecule has 0 spiro atoms. The van der Waals surface area contributed by atoms with E-state index in [1.54, 1.807) is 0 Å². The number of aliphatic hydroxyl groups excluding tert-OH is 3. The number of rotatable bonds is 10. The number of fused-ring (bicyclic) bond motifs is 2. The minimum absolute atomic E-state index is 0.0246. The maximum Gasteiger partial charge on any atom is 0.268 e. The second-order valence-electron chi connectivity index (χ2n) is 10.2. The lowest BCUT2D eigenvalue weighted by Crippen LogP contribution is -2.37. The molecule has 4 aromatic rings. The predicted octanol–water partition coefficient (Wildman–Crippen LogP) is -4.78. The van der Waals surface area contributed by atoms with Crippen molar-refractivity contribution in [1.82, 2.24) is 39.0 Å². The van der Waals surface area contributed by atoms with Gasteiger partial charge in [-0.15, -0.1) is 0 Å². The van der Waals surface area contributed by atoms with Gasteiger partial charge >= 0.3 is 0 Å². The number of ether oxygens (including phenoxy) is 2. The molecular weight excluding hydrogens is 678 g/mol. The van der Waals surface area contributed by atoms with Crippen molar-refractivity contribution in [2.45, 2.75) is 49.1 Å². The molecule has 4 aromatic heterocycles. The van der Waals surface area contributed by atoms with Gasteiger partial charge in [0, 0.05) is 0 Å². The minimum Gasteiger partial charge on any atom is -0.756 e. The molecule has 2 aliphatic heterocycles. The second-order valence-corrected chi connectivity index (χ2v) is 12.8. The standard InChI is InChI=1S/C20H28N12O13P2/c21-13-7-15(27-3-25-13)31(19(23)29-7)17-11(35)9(33)5(43-17)2-42-47(39,40)45-12-10(34)6(1-41-46(36,37)38)44-18(12)32-16-8(30-20(32)24)14(22)26-4-28-16/h3-6,9-12,17-18,33-35H,1-2H2,(H2,23,29)(H2,24,30)(H,39,40)(H2,21,25,27)(H2,22,26,28)(H2,36,37,38)/p-2. The summed E-state index contributed by atoms with van der Waals surface area (Å²) < 4.78 is 52.1. The van der Waals surface area contributed by atoms with Crippen LogP contribution in [-0.2, 0) is 32.2 Å². The van der Waals surface area contributed by atoms with Crippen molar-refractivity contribution in [1.29, 1.82) is 0 Å². The third-order valence-corrected chi connectivity index (χ3v) is 8.72. The molecule has 0 saturated carbocycles. The van der Waals surface area contributed by atoms with E-state index in [0.717, 1.165) is 21.8 Å². The summed E-state index contributed by atoms with van der Waals surface area (Å²) in [4.78, 5) is 56.9. The highest BCUT2D eigenvalue weighted by Gasteiger charge is 2.50. The quantitative estimate of drug-likeness (QED) is 0.0718. The molecule has 2 fully saturated rings. The first-order chi connectivity index (χ1) is 22.1. The van der Waals surface area contributed by atoms with Gasteiger partial charge in [0.2, 0.25) is 11.9 Å². The number of hydrogen-bond donors (Lipinski definition) is 8. The highest BCUT2D eigenvalue weighted by atomic mass is 31.2. The van der Waals surface area contributed by atoms with Gasteiger partial charge in [-0.2, -0.15) is 0 Å². The highest BCUT2D eigenvalue weighted by Crippen LogP contribution is 2.48. The number of nitrogens with zero attached hydrogens (tertiary/aromatic N) is 8. The summed E-state index contributed by atoms with van der Waals surface area (Å²) >= 11 is 0. The smallest absolute Gasteiger partial charge is 0.268 e. The lowest BCUT2D eigenvalue weighted by Gasteiger charge is -2.31. The van der Waals surface area contributed by atoms with E-state index >= 15 is 0 Å². The molecule has 10 atom stereocenters. The lowest BCUT2D eigenvalue weighted by molar-refractivity contribution is -0.237. The van der Waals surface area contributed by atoms with E-state index in [9.17, 15) is 34.2 Å². The van der Waals surface area contributed by atoms with Crippen LogP contribution in [0, 0.1) is 0 Å². The molecule has 0 radical (unpaired) electrons. The molecule has 6 heterocycles. The summed E-state index contributed by atoms with van der Waals surface area (Å²) in [5.41, 5.74) is 23.6. The Morgan fingerprint density at radius 3 is 1.81 bits per heavy atom. The van der Waals surface area contributed by atoms with Crippen LogP contribution >= 0.6 is 15.6 Å². The van der Waals surface area contributed by atoms with Crippen molar-refractivity contribution in [3.05, 3.63) is 12.7 Å². The average molecular weight is 704 g/mol. The summed E-state index contributed by atoms with van der Waals surface area (Å²) in [5, 5.41) is 32.3. The molecule has 2 aliphatic rings. The van der Waals surface area contributed by atoms with Gasteiger partial charge in [0.25, 0.3) is 15.6 Å². The Morgan fingerprint density at radius 2 is 1.26 bits per heavy atom. The molecule has 0 aromatic carbocycles. The number of aromatic nitrogens is 8. The van der Waals surface area contributed by atoms with Crippen LogP contribution in [0.1, 0.15) is 12.5 Å². The fourth-order valence-electron chi connectivity index (χ4n) is 5.16. The van der Waals surface area contributed by atoms with Crippen LogP contribution in [0.15, 0.2) is 12.7 Å². The normalized spacial score (nSPS) is 30.6. The van der Waals surface area contributed by atoms with Crippen LogP contribution < -0.4 is 32.7 Å². The molecule has 256 valence electrons. The number of nitrogens with two attached hydrogens (primary N) is 4. The van der Waals surface area contributed by atoms with E-state index < -0.39 is 77.9 Å². The number of aliphatic hydroxyl groups is 3. The Kier molecular flexibility index (Phi) is 8.54. The minimum atomic E-state index is -5.50. The molecular formula is C20H26N12O13P2-2. The first-order valence-corrected chi connectivity index (χ1v) is 16.2. The van der Waals surface area contributed by atoms with Crippen molar-refractivity contribution in [3.63, 3.8) is 0 Å². The van der Waals surface area contributed by atoms with E-state index in [-0.39, 0.29) is 45.9 Å². The van der Waals surface area contributed by atoms with Crippen LogP contribution in [0.25, 0.3) is 22.3 Å². The summed E-state index contributed by atoms with van der Waals surface area (Å²) in [5.74, 6) is -0.698. The van der Waals surface area contributed by atoms with Crippen LogP contribution in [0.4, 0.5) is 23.5 Å². The third kappa shape index (κ3) is 6.20. The van der Waals surface area contributed by atoms with Gasteiger partial charge in [-0.1, -0.05) is 0 Å². The van der Waals surface area contributed by atoms with E-state index in [0.29, 0.717) is 0 Å². The first-order valence-electron chi connectivity index (χ1n) is 13.2. The topological polar surface area (TPSA) is 399 Å². The maximum absolute atomic E-state index is 13.1. The number of phosphoric ester groups is 2. The van der Waals surface area contributed by atoms with E-state index in [1.165, 1.54) is 0 Å². The van der Waals surface area contributed by atoms with Gasteiger partial charge in [-0.05, 0) is 0 Å². The SMILES string of the molecule is Nc1ncnc2c1nc(N)n2C1OC(COP(=O)([O-])OC2C(O)C(COP(=O)([O-])O)OC2n2c(N)nc3c(N)ncnc32)C(O)C1O. The molecule has 25 nitrogen and oxygen atoms in total. The zero-order valence-corrected chi connectivity index (χ0v) is 25.2. The van der Waals surface area contributed by atoms with Crippen LogP contribution in [-0.4, -0.2) is 109 Å². The Bertz CT molecular complexity index is 1910. The van der Waals surface area contributed by atoms with Crippen molar-refractivity contribution < 1.29 is 62.2 Å². The van der Waals surface area contributed by atoms with Gasteiger partial charge in [0.05, 0.1) is 13.2 Å². The second kappa shape index (κ2) is 12.1. The van der Waals surface area contributed by atoms with Crippen molar-refractivity contribution in [2.24, 2.45) is 0 Å². The zero-order valence-electron chi connectivity index (χ0n) is 23.4. The summed E-state index contributed by atoms with van der Waals surface area (Å²) in [6, 6.07) is 0. The Balaban J connectivity index is 1.22. The van der Waals surface area contributed by atoms with Gasteiger partial charge in [-0.25, -0.2) is 29.9 Å². The maximum atomic E-state index is 13.1. The first kappa shape index (κ1) is 33.2. The summed E-state index contributed by atoms with van der Waals surface area (Å²) in [6.45, 7) is -1.91. The van der Waals surface area contributed by atoms with E-state index in [1.807, 2.05) is 0 Å². The Morgan fingerprint density at radius 1 is 0.766 bits per heavy atom. The number of nitrogen functional groups attached to an aromatic ring is 4. The van der Waals surface area contributed by atoms with Crippen molar-refractivity contribution in [3.8, 4) is 0 Å². The fourth-order valence-corrected chi connectivity index (χ4v) is 6.41. The molecule has 0 aliphatic carbocycles. The van der Waals surface area contributed by atoms with Gasteiger partial charge in [0.1, 0.15) is 49.3 Å². The monoisotopic (exact) mass is 704 g/mol. The van der Waals surface area contributed by atoms with E-state index in [2.05, 4.69) is 34.4 Å². The zero-order chi connectivity index (χ0) is 34.0. The third-order valence-electron chi connectivity index (χ3n) is 7.27. The van der Waals surface area contributed by atoms with Gasteiger partial charge < -0.3 is 76.0 Å². The molecule has 12 N–H and O–H groups in total. The molecule has 10 unspecified atom stereocenters. The van der Waals surface area contributed by atoms with Crippen molar-refractivity contribution in [2.75, 3.05) is 36.1 Å². The van der Waals surface area contributed by atoms with Crippen LogP contribution in [0.5, 0.6) is 0 Å². The summed E-state index contributed by atoms with van der Waals surface area (Å²) in [7, 11) is -10.8. The van der Waals surface area contributed by atoms with Crippen LogP contribution in [0.3, 0.4) is 0 Å². The molecule has 2 saturated heterocycles. The van der Waals surface area contributed by atoms with Gasteiger partial charge in [-0.3, -0.25) is 18.3 Å². The Labute approximate surface area is 260 Å². The molecule has 0 bridgehead atoms. The van der Waals surface area contributed by atoms with Gasteiger partial charge in [0.15, 0.2) is 46.4 Å². The predicted molar refractivity (Wildman–Crippen MR) is 148 cm³/mol. The lowest BCUT2D eigenvalue weighted by atomic mass is 10.1. The molecule has 27 heteroatoms.